The van der Waals surface area contributed by atoms with Crippen molar-refractivity contribution < 1.29 is 9.53 Å². The van der Waals surface area contributed by atoms with Crippen LogP contribution in [0.2, 0.25) is 0 Å². The number of benzene rings is 1. The summed E-state index contributed by atoms with van der Waals surface area (Å²) in [5.74, 6) is 0.722. The Hall–Kier alpha value is -0.740. The number of hydrogen-bond acceptors (Lipinski definition) is 3. The van der Waals surface area contributed by atoms with Gasteiger partial charge < -0.3 is 4.74 Å². The molecule has 0 unspecified atom stereocenters. The van der Waals surface area contributed by atoms with Gasteiger partial charge in [-0.05, 0) is 29.4 Å². The van der Waals surface area contributed by atoms with E-state index >= 15 is 0 Å². The summed E-state index contributed by atoms with van der Waals surface area (Å²) in [5, 5.41) is 0. The molecule has 0 amide bonds. The van der Waals surface area contributed by atoms with Gasteiger partial charge in [0.25, 0.3) is 0 Å². The van der Waals surface area contributed by atoms with Crippen molar-refractivity contribution in [2.75, 3.05) is 12.9 Å². The Bertz CT molecular complexity index is 440. The predicted octanol–water partition coefficient (Wildman–Crippen LogP) is 3.26. The fourth-order valence-corrected chi connectivity index (χ4v) is 2.19. The number of rotatable bonds is 1. The summed E-state index contributed by atoms with van der Waals surface area (Å²) in [7, 11) is 0. The van der Waals surface area contributed by atoms with Gasteiger partial charge in [0.1, 0.15) is 12.4 Å². The van der Waals surface area contributed by atoms with E-state index in [0.717, 1.165) is 4.90 Å². The summed E-state index contributed by atoms with van der Waals surface area (Å²) in [5.41, 5.74) is 1.31. The Labute approximate surface area is 101 Å². The first-order chi connectivity index (χ1) is 7.26. The van der Waals surface area contributed by atoms with Crippen LogP contribution < -0.4 is 4.74 Å². The molecule has 1 aliphatic rings. The summed E-state index contributed by atoms with van der Waals surface area (Å²) in [6, 6.07) is 5.68. The van der Waals surface area contributed by atoms with Crippen LogP contribution in [0.3, 0.4) is 0 Å². The van der Waals surface area contributed by atoms with Gasteiger partial charge in [0.15, 0.2) is 5.78 Å². The average Bonchev–Trinajstić information content (AvgIpc) is 2.29. The molecular formula is C11H9BrO2S. The summed E-state index contributed by atoms with van der Waals surface area (Å²) in [6.45, 7) is 0.343. The van der Waals surface area contributed by atoms with E-state index in [1.54, 1.807) is 16.7 Å². The van der Waals surface area contributed by atoms with E-state index < -0.39 is 0 Å². The van der Waals surface area contributed by atoms with Crippen molar-refractivity contribution in [1.29, 1.82) is 0 Å². The molecule has 0 spiro atoms. The lowest BCUT2D eigenvalue weighted by Gasteiger charge is -2.18. The summed E-state index contributed by atoms with van der Waals surface area (Å²) >= 11 is 4.78. The molecule has 4 heteroatoms. The number of fused-ring (bicyclic) bond motifs is 1. The van der Waals surface area contributed by atoms with E-state index in [1.807, 2.05) is 24.5 Å². The van der Waals surface area contributed by atoms with Crippen molar-refractivity contribution in [2.24, 2.45) is 0 Å². The maximum atomic E-state index is 11.9. The van der Waals surface area contributed by atoms with E-state index in [9.17, 15) is 4.79 Å². The number of carbonyl (C=O) groups excluding carboxylic acids is 1. The number of hydrogen-bond donors (Lipinski definition) is 0. The molecule has 0 aromatic heterocycles. The van der Waals surface area contributed by atoms with E-state index in [-0.39, 0.29) is 5.78 Å². The molecule has 0 radical (unpaired) electrons. The first-order valence-electron chi connectivity index (χ1n) is 4.41. The van der Waals surface area contributed by atoms with Crippen LogP contribution in [-0.2, 0) is 0 Å². The van der Waals surface area contributed by atoms with Gasteiger partial charge in [-0.3, -0.25) is 4.79 Å². The quantitative estimate of drug-likeness (QED) is 0.585. The zero-order chi connectivity index (χ0) is 10.8. The highest BCUT2D eigenvalue weighted by molar-refractivity contribution is 9.11. The van der Waals surface area contributed by atoms with Gasteiger partial charge in [-0.1, -0.05) is 15.9 Å². The Morgan fingerprint density at radius 3 is 3.00 bits per heavy atom. The maximum Gasteiger partial charge on any atom is 0.196 e. The second kappa shape index (κ2) is 4.41. The maximum absolute atomic E-state index is 11.9. The van der Waals surface area contributed by atoms with Gasteiger partial charge in [-0.25, -0.2) is 0 Å². The highest BCUT2D eigenvalue weighted by Gasteiger charge is 2.22. The van der Waals surface area contributed by atoms with Crippen LogP contribution in [0.15, 0.2) is 33.7 Å². The topological polar surface area (TPSA) is 26.3 Å². The fraction of sp³-hybridized carbons (Fsp3) is 0.182. The standard InChI is InChI=1S/C11H9BrO2S/c1-15-8-2-3-10-9(4-8)11(13)7(5-12)6-14-10/h2-5H,6H2,1H3/b7-5-. The smallest absolute Gasteiger partial charge is 0.196 e. The lowest BCUT2D eigenvalue weighted by atomic mass is 10.0. The molecule has 0 bridgehead atoms. The molecule has 2 rings (SSSR count). The lowest BCUT2D eigenvalue weighted by Crippen LogP contribution is -2.18. The normalized spacial score (nSPS) is 17.5. The largest absolute Gasteiger partial charge is 0.488 e. The minimum atomic E-state index is 0.0454. The van der Waals surface area contributed by atoms with Crippen molar-refractivity contribution in [3.8, 4) is 5.75 Å². The first-order valence-corrected chi connectivity index (χ1v) is 6.55. The Balaban J connectivity index is 2.49. The fourth-order valence-electron chi connectivity index (χ4n) is 1.41. The number of ether oxygens (including phenoxy) is 1. The molecule has 78 valence electrons. The SMILES string of the molecule is CSc1ccc2c(c1)C(=O)/C(=C\Br)CO2. The summed E-state index contributed by atoms with van der Waals surface area (Å²) in [6.07, 6.45) is 1.98. The number of thioether (sulfide) groups is 1. The minimum Gasteiger partial charge on any atom is -0.488 e. The Kier molecular flexibility index (Phi) is 3.17. The van der Waals surface area contributed by atoms with Crippen LogP contribution in [0.4, 0.5) is 0 Å². The molecule has 1 aliphatic heterocycles. The third-order valence-electron chi connectivity index (χ3n) is 2.24. The van der Waals surface area contributed by atoms with E-state index in [0.29, 0.717) is 23.5 Å². The highest BCUT2D eigenvalue weighted by Crippen LogP contribution is 2.30. The molecule has 0 saturated heterocycles. The number of halogens is 1. The van der Waals surface area contributed by atoms with Crippen LogP contribution in [0.1, 0.15) is 10.4 Å². The van der Waals surface area contributed by atoms with Crippen LogP contribution in [0.5, 0.6) is 5.75 Å². The molecule has 2 nitrogen and oxygen atoms in total. The lowest BCUT2D eigenvalue weighted by molar-refractivity contribution is 0.0999. The summed E-state index contributed by atoms with van der Waals surface area (Å²) in [4.78, 5) is 14.6. The molecule has 0 saturated carbocycles. The molecule has 15 heavy (non-hydrogen) atoms. The van der Waals surface area contributed by atoms with Crippen LogP contribution >= 0.6 is 27.7 Å². The van der Waals surface area contributed by atoms with Crippen LogP contribution in [0, 0.1) is 0 Å². The second-order valence-electron chi connectivity index (χ2n) is 3.11. The molecule has 1 aromatic rings. The third kappa shape index (κ3) is 1.96. The molecule has 0 fully saturated rings. The third-order valence-corrected chi connectivity index (χ3v) is 3.52. The van der Waals surface area contributed by atoms with Crippen molar-refractivity contribution in [3.05, 3.63) is 34.3 Å². The Morgan fingerprint density at radius 1 is 1.53 bits per heavy atom. The van der Waals surface area contributed by atoms with Gasteiger partial charge in [-0.15, -0.1) is 11.8 Å². The van der Waals surface area contributed by atoms with Crippen molar-refractivity contribution in [3.63, 3.8) is 0 Å². The first kappa shape index (κ1) is 10.8. The zero-order valence-corrected chi connectivity index (χ0v) is 10.5. The van der Waals surface area contributed by atoms with Gasteiger partial charge >= 0.3 is 0 Å². The van der Waals surface area contributed by atoms with E-state index in [1.165, 1.54) is 0 Å². The number of ketones is 1. The van der Waals surface area contributed by atoms with Gasteiger partial charge in [0, 0.05) is 10.5 Å². The molecule has 0 N–H and O–H groups in total. The summed E-state index contributed by atoms with van der Waals surface area (Å²) < 4.78 is 5.47. The van der Waals surface area contributed by atoms with E-state index in [4.69, 9.17) is 4.74 Å². The van der Waals surface area contributed by atoms with Gasteiger partial charge in [0.2, 0.25) is 0 Å². The zero-order valence-electron chi connectivity index (χ0n) is 8.12. The molecular weight excluding hydrogens is 276 g/mol. The second-order valence-corrected chi connectivity index (χ2v) is 4.45. The van der Waals surface area contributed by atoms with Crippen molar-refractivity contribution in [1.82, 2.24) is 0 Å². The average molecular weight is 285 g/mol. The molecule has 1 heterocycles. The molecule has 0 atom stereocenters. The van der Waals surface area contributed by atoms with Gasteiger partial charge in [-0.2, -0.15) is 0 Å². The Morgan fingerprint density at radius 2 is 2.33 bits per heavy atom. The predicted molar refractivity (Wildman–Crippen MR) is 65.1 cm³/mol. The van der Waals surface area contributed by atoms with Crippen LogP contribution in [0.25, 0.3) is 0 Å². The number of carbonyl (C=O) groups is 1. The van der Waals surface area contributed by atoms with Crippen molar-refractivity contribution in [2.45, 2.75) is 4.90 Å². The van der Waals surface area contributed by atoms with Crippen molar-refractivity contribution >= 4 is 33.5 Å². The van der Waals surface area contributed by atoms with E-state index in [2.05, 4.69) is 15.9 Å². The molecule has 0 aliphatic carbocycles. The molecule has 1 aromatic carbocycles. The minimum absolute atomic E-state index is 0.0454. The monoisotopic (exact) mass is 284 g/mol. The van der Waals surface area contributed by atoms with Crippen LogP contribution in [-0.4, -0.2) is 18.6 Å². The highest BCUT2D eigenvalue weighted by atomic mass is 79.9. The number of Topliss-reactive ketones (excluding diaryl/α,β-unsaturated/α-hetero) is 1. The van der Waals surface area contributed by atoms with Gasteiger partial charge in [0.05, 0.1) is 5.56 Å².